The molecule has 0 bridgehead atoms. The van der Waals surface area contributed by atoms with Gasteiger partial charge in [0.2, 0.25) is 15.9 Å². The van der Waals surface area contributed by atoms with E-state index in [4.69, 9.17) is 5.73 Å². The van der Waals surface area contributed by atoms with Gasteiger partial charge in [-0.3, -0.25) is 9.52 Å². The standard InChI is InChI=1S/C6H14N2O3S/c1-3-5(4-7)6(9)8-12(2,10)11/h5H,3-4,7H2,1-2H3,(H,8,9). The quantitative estimate of drug-likeness (QED) is 0.603. The first-order chi connectivity index (χ1) is 5.40. The van der Waals surface area contributed by atoms with Crippen molar-refractivity contribution in [2.75, 3.05) is 12.8 Å². The van der Waals surface area contributed by atoms with Gasteiger partial charge in [0.05, 0.1) is 12.2 Å². The van der Waals surface area contributed by atoms with Crippen molar-refractivity contribution >= 4 is 15.9 Å². The maximum Gasteiger partial charge on any atom is 0.237 e. The highest BCUT2D eigenvalue weighted by Gasteiger charge is 2.17. The fourth-order valence-corrected chi connectivity index (χ4v) is 1.26. The zero-order valence-corrected chi connectivity index (χ0v) is 8.02. The Hall–Kier alpha value is -0.620. The van der Waals surface area contributed by atoms with Gasteiger partial charge in [0.25, 0.3) is 0 Å². The minimum absolute atomic E-state index is 0.165. The normalized spacial score (nSPS) is 13.9. The summed E-state index contributed by atoms with van der Waals surface area (Å²) in [6.45, 7) is 1.94. The van der Waals surface area contributed by atoms with E-state index in [2.05, 4.69) is 0 Å². The maximum absolute atomic E-state index is 11.1. The number of nitrogens with two attached hydrogens (primary N) is 1. The molecule has 0 aliphatic rings. The van der Waals surface area contributed by atoms with Gasteiger partial charge in [-0.2, -0.15) is 0 Å². The van der Waals surface area contributed by atoms with E-state index in [9.17, 15) is 13.2 Å². The Kier molecular flexibility index (Phi) is 4.19. The van der Waals surface area contributed by atoms with Gasteiger partial charge in [-0.25, -0.2) is 8.42 Å². The zero-order chi connectivity index (χ0) is 9.78. The summed E-state index contributed by atoms with van der Waals surface area (Å²) in [5, 5.41) is 0. The molecule has 3 N–H and O–H groups in total. The Morgan fingerprint density at radius 2 is 2.08 bits per heavy atom. The van der Waals surface area contributed by atoms with Crippen molar-refractivity contribution in [3.8, 4) is 0 Å². The summed E-state index contributed by atoms with van der Waals surface area (Å²) in [4.78, 5) is 11.1. The molecule has 0 saturated heterocycles. The van der Waals surface area contributed by atoms with Crippen LogP contribution in [0.1, 0.15) is 13.3 Å². The lowest BCUT2D eigenvalue weighted by Crippen LogP contribution is -2.37. The van der Waals surface area contributed by atoms with E-state index < -0.39 is 21.8 Å². The summed E-state index contributed by atoms with van der Waals surface area (Å²) in [7, 11) is -3.44. The second-order valence-electron chi connectivity index (χ2n) is 2.58. The zero-order valence-electron chi connectivity index (χ0n) is 7.20. The topological polar surface area (TPSA) is 89.3 Å². The molecule has 72 valence electrons. The molecule has 0 rings (SSSR count). The summed E-state index contributed by atoms with van der Waals surface area (Å²) in [5.41, 5.74) is 5.25. The van der Waals surface area contributed by atoms with Crippen LogP contribution in [0, 0.1) is 5.92 Å². The van der Waals surface area contributed by atoms with Crippen LogP contribution in [0.25, 0.3) is 0 Å². The fraction of sp³-hybridized carbons (Fsp3) is 0.833. The van der Waals surface area contributed by atoms with E-state index in [1.165, 1.54) is 0 Å². The predicted molar refractivity (Wildman–Crippen MR) is 45.8 cm³/mol. The molecule has 1 unspecified atom stereocenters. The van der Waals surface area contributed by atoms with Crippen LogP contribution >= 0.6 is 0 Å². The highest BCUT2D eigenvalue weighted by molar-refractivity contribution is 7.89. The van der Waals surface area contributed by atoms with Crippen molar-refractivity contribution in [2.45, 2.75) is 13.3 Å². The van der Waals surface area contributed by atoms with Crippen molar-refractivity contribution in [1.29, 1.82) is 0 Å². The molecule has 0 aliphatic heterocycles. The third kappa shape index (κ3) is 4.30. The molecule has 0 spiro atoms. The number of hydrogen-bond donors (Lipinski definition) is 2. The molecule has 0 radical (unpaired) electrons. The first kappa shape index (κ1) is 11.4. The van der Waals surface area contributed by atoms with E-state index in [1.54, 1.807) is 6.92 Å². The molecule has 1 atom stereocenters. The van der Waals surface area contributed by atoms with Gasteiger partial charge in [0, 0.05) is 6.54 Å². The number of carbonyl (C=O) groups excluding carboxylic acids is 1. The molecule has 0 heterocycles. The first-order valence-electron chi connectivity index (χ1n) is 3.62. The van der Waals surface area contributed by atoms with Gasteiger partial charge >= 0.3 is 0 Å². The molecular weight excluding hydrogens is 180 g/mol. The molecular formula is C6H14N2O3S. The molecule has 0 aromatic carbocycles. The first-order valence-corrected chi connectivity index (χ1v) is 5.51. The van der Waals surface area contributed by atoms with Gasteiger partial charge < -0.3 is 5.73 Å². The van der Waals surface area contributed by atoms with Crippen LogP contribution in [0.5, 0.6) is 0 Å². The second-order valence-corrected chi connectivity index (χ2v) is 4.33. The lowest BCUT2D eigenvalue weighted by Gasteiger charge is -2.10. The molecule has 0 aliphatic carbocycles. The molecule has 0 aromatic rings. The number of hydrogen-bond acceptors (Lipinski definition) is 4. The summed E-state index contributed by atoms with van der Waals surface area (Å²) in [6.07, 6.45) is 1.48. The van der Waals surface area contributed by atoms with Crippen LogP contribution in [0.15, 0.2) is 0 Å². The van der Waals surface area contributed by atoms with E-state index in [1.807, 2.05) is 4.72 Å². The van der Waals surface area contributed by atoms with Gasteiger partial charge in [-0.05, 0) is 6.42 Å². The number of sulfonamides is 1. The van der Waals surface area contributed by atoms with Gasteiger partial charge in [-0.15, -0.1) is 0 Å². The van der Waals surface area contributed by atoms with Crippen LogP contribution < -0.4 is 10.5 Å². The SMILES string of the molecule is CCC(CN)C(=O)NS(C)(=O)=O. The Morgan fingerprint density at radius 1 is 1.58 bits per heavy atom. The molecule has 6 heteroatoms. The molecule has 12 heavy (non-hydrogen) atoms. The van der Waals surface area contributed by atoms with E-state index in [0.29, 0.717) is 6.42 Å². The van der Waals surface area contributed by atoms with Crippen molar-refractivity contribution in [3.05, 3.63) is 0 Å². The van der Waals surface area contributed by atoms with Crippen LogP contribution in [0.2, 0.25) is 0 Å². The number of amides is 1. The van der Waals surface area contributed by atoms with E-state index in [-0.39, 0.29) is 6.54 Å². The number of carbonyl (C=O) groups is 1. The summed E-state index contributed by atoms with van der Waals surface area (Å²) in [5.74, 6) is -0.942. The van der Waals surface area contributed by atoms with Crippen LogP contribution in [0.4, 0.5) is 0 Å². The fourth-order valence-electron chi connectivity index (χ4n) is 0.725. The smallest absolute Gasteiger partial charge is 0.237 e. The number of rotatable bonds is 4. The summed E-state index contributed by atoms with van der Waals surface area (Å²) in [6, 6.07) is 0. The van der Waals surface area contributed by atoms with Crippen molar-refractivity contribution in [3.63, 3.8) is 0 Å². The van der Waals surface area contributed by atoms with E-state index >= 15 is 0 Å². The Balaban J connectivity index is 4.21. The Labute approximate surface area is 72.4 Å². The minimum atomic E-state index is -3.44. The third-order valence-electron chi connectivity index (χ3n) is 1.43. The monoisotopic (exact) mass is 194 g/mol. The van der Waals surface area contributed by atoms with E-state index in [0.717, 1.165) is 6.26 Å². The molecule has 0 aromatic heterocycles. The molecule has 5 nitrogen and oxygen atoms in total. The lowest BCUT2D eigenvalue weighted by atomic mass is 10.1. The van der Waals surface area contributed by atoms with Gasteiger partial charge in [0.15, 0.2) is 0 Å². The lowest BCUT2D eigenvalue weighted by molar-refractivity contribution is -0.122. The van der Waals surface area contributed by atoms with Crippen molar-refractivity contribution < 1.29 is 13.2 Å². The highest BCUT2D eigenvalue weighted by Crippen LogP contribution is 1.99. The van der Waals surface area contributed by atoms with Crippen LogP contribution in [-0.2, 0) is 14.8 Å². The molecule has 0 fully saturated rings. The highest BCUT2D eigenvalue weighted by atomic mass is 32.2. The van der Waals surface area contributed by atoms with Crippen LogP contribution in [0.3, 0.4) is 0 Å². The average molecular weight is 194 g/mol. The maximum atomic E-state index is 11.1. The van der Waals surface area contributed by atoms with Gasteiger partial charge in [0.1, 0.15) is 0 Å². The predicted octanol–water partition coefficient (Wildman–Crippen LogP) is -0.953. The minimum Gasteiger partial charge on any atom is -0.330 e. The summed E-state index contributed by atoms with van der Waals surface area (Å²) >= 11 is 0. The average Bonchev–Trinajstić information content (AvgIpc) is 1.85. The Bertz CT molecular complexity index is 244. The summed E-state index contributed by atoms with van der Waals surface area (Å²) < 4.78 is 23.1. The third-order valence-corrected chi connectivity index (χ3v) is 2.01. The van der Waals surface area contributed by atoms with Crippen molar-refractivity contribution in [2.24, 2.45) is 11.7 Å². The van der Waals surface area contributed by atoms with Crippen LogP contribution in [-0.4, -0.2) is 27.1 Å². The van der Waals surface area contributed by atoms with Gasteiger partial charge in [-0.1, -0.05) is 6.92 Å². The molecule has 1 amide bonds. The number of nitrogens with one attached hydrogen (secondary N) is 1. The largest absolute Gasteiger partial charge is 0.330 e. The molecule has 0 saturated carbocycles. The second kappa shape index (κ2) is 4.42. The Morgan fingerprint density at radius 3 is 2.33 bits per heavy atom. The van der Waals surface area contributed by atoms with Crippen molar-refractivity contribution in [1.82, 2.24) is 4.72 Å².